The Bertz CT molecular complexity index is 861. The maximum absolute atomic E-state index is 13.0. The zero-order valence-electron chi connectivity index (χ0n) is 14.5. The van der Waals surface area contributed by atoms with E-state index in [1.165, 1.54) is 34.9 Å². The molecule has 1 aliphatic rings. The van der Waals surface area contributed by atoms with Gasteiger partial charge in [0.1, 0.15) is 12.5 Å². The lowest BCUT2D eigenvalue weighted by molar-refractivity contribution is -0.385. The predicted octanol–water partition coefficient (Wildman–Crippen LogP) is 2.83. The Hall–Kier alpha value is -2.91. The van der Waals surface area contributed by atoms with E-state index in [2.05, 4.69) is 0 Å². The van der Waals surface area contributed by atoms with Crippen LogP contribution in [-0.2, 0) is 9.63 Å². The first kappa shape index (κ1) is 18.9. The smallest absolute Gasteiger partial charge is 0.269 e. The molecule has 9 heteroatoms. The normalized spacial score (nSPS) is 16.6. The second kappa shape index (κ2) is 8.19. The van der Waals surface area contributed by atoms with E-state index in [0.29, 0.717) is 11.1 Å². The molecule has 0 N–H and O–H groups in total. The number of hydrogen-bond acceptors (Lipinski definition) is 6. The Balaban J connectivity index is 2.01. The monoisotopic (exact) mass is 387 g/mol. The average molecular weight is 387 g/mol. The summed E-state index contributed by atoms with van der Waals surface area (Å²) < 4.78 is 0. The number of nitrogens with zero attached hydrogens (tertiary/aromatic N) is 3. The van der Waals surface area contributed by atoms with Crippen LogP contribution in [0.25, 0.3) is 0 Å². The van der Waals surface area contributed by atoms with Crippen molar-refractivity contribution in [1.82, 2.24) is 9.96 Å². The lowest BCUT2D eigenvalue weighted by atomic mass is 10.1. The number of hydrogen-bond donors (Lipinski definition) is 0. The molecule has 0 unspecified atom stereocenters. The molecule has 0 radical (unpaired) electrons. The zero-order chi connectivity index (χ0) is 19.4. The van der Waals surface area contributed by atoms with Crippen molar-refractivity contribution in [1.29, 1.82) is 0 Å². The molecule has 0 bridgehead atoms. The van der Waals surface area contributed by atoms with E-state index in [1.54, 1.807) is 36.4 Å². The van der Waals surface area contributed by atoms with E-state index in [9.17, 15) is 19.7 Å². The second-order valence-electron chi connectivity index (χ2n) is 5.78. The molecule has 1 saturated heterocycles. The van der Waals surface area contributed by atoms with E-state index in [4.69, 9.17) is 4.84 Å². The van der Waals surface area contributed by atoms with Crippen molar-refractivity contribution < 1.29 is 19.3 Å². The second-order valence-corrected chi connectivity index (χ2v) is 6.59. The molecule has 0 aliphatic carbocycles. The number of nitro groups is 1. The topological polar surface area (TPSA) is 93.0 Å². The number of hydroxylamine groups is 2. The third-order valence-corrected chi connectivity index (χ3v) is 4.38. The average Bonchev–Trinajstić information content (AvgIpc) is 3.02. The Morgan fingerprint density at radius 1 is 1.26 bits per heavy atom. The molecule has 1 fully saturated rings. The number of amides is 2. The highest BCUT2D eigenvalue weighted by molar-refractivity contribution is 7.98. The van der Waals surface area contributed by atoms with Crippen LogP contribution in [0.1, 0.15) is 22.1 Å². The van der Waals surface area contributed by atoms with Crippen molar-refractivity contribution in [2.24, 2.45) is 0 Å². The molecule has 2 amide bonds. The zero-order valence-corrected chi connectivity index (χ0v) is 15.3. The number of nitro benzene ring substituents is 1. The summed E-state index contributed by atoms with van der Waals surface area (Å²) in [4.78, 5) is 43.0. The molecule has 1 heterocycles. The SMILES string of the molecule is CSCON1C(=O)CN(C(=O)c2ccccc2)[C@@H]1c1cccc([N+](=O)[O-])c1. The number of carbonyl (C=O) groups excluding carboxylic acids is 2. The number of carbonyl (C=O) groups is 2. The molecule has 0 saturated carbocycles. The van der Waals surface area contributed by atoms with Crippen LogP contribution in [0.15, 0.2) is 54.6 Å². The first-order valence-corrected chi connectivity index (χ1v) is 9.46. The molecule has 2 aromatic carbocycles. The van der Waals surface area contributed by atoms with Gasteiger partial charge in [-0.25, -0.2) is 0 Å². The summed E-state index contributed by atoms with van der Waals surface area (Å²) in [6.45, 7) is -0.171. The molecule has 2 aromatic rings. The standard InChI is InChI=1S/C18H17N3O5S/c1-27-12-26-20-16(22)11-19(18(23)13-6-3-2-4-7-13)17(20)14-8-5-9-15(10-14)21(24)25/h2-10,17H,11-12H2,1H3/t17-/m0/s1. The maximum Gasteiger partial charge on any atom is 0.269 e. The number of thioether (sulfide) groups is 1. The van der Waals surface area contributed by atoms with Crippen molar-refractivity contribution in [3.63, 3.8) is 0 Å². The molecule has 1 aliphatic heterocycles. The van der Waals surface area contributed by atoms with Crippen molar-refractivity contribution in [2.45, 2.75) is 6.17 Å². The van der Waals surface area contributed by atoms with Gasteiger partial charge in [-0.05, 0) is 18.4 Å². The van der Waals surface area contributed by atoms with Crippen molar-refractivity contribution in [3.05, 3.63) is 75.8 Å². The summed E-state index contributed by atoms with van der Waals surface area (Å²) in [7, 11) is 0. The molecule has 3 rings (SSSR count). The fraction of sp³-hybridized carbons (Fsp3) is 0.222. The molecular weight excluding hydrogens is 370 g/mol. The largest absolute Gasteiger partial charge is 0.302 e. The van der Waals surface area contributed by atoms with Crippen LogP contribution in [-0.4, -0.2) is 45.4 Å². The van der Waals surface area contributed by atoms with Crippen LogP contribution in [0, 0.1) is 10.1 Å². The molecule has 1 atom stereocenters. The summed E-state index contributed by atoms with van der Waals surface area (Å²) in [5, 5.41) is 12.3. The molecule has 27 heavy (non-hydrogen) atoms. The summed E-state index contributed by atoms with van der Waals surface area (Å²) >= 11 is 1.37. The maximum atomic E-state index is 13.0. The van der Waals surface area contributed by atoms with Gasteiger partial charge >= 0.3 is 0 Å². The Morgan fingerprint density at radius 3 is 2.67 bits per heavy atom. The summed E-state index contributed by atoms with van der Waals surface area (Å²) in [5.41, 5.74) is 0.733. The number of non-ortho nitro benzene ring substituents is 1. The minimum atomic E-state index is -0.878. The third-order valence-electron chi connectivity index (χ3n) is 4.04. The Labute approximate surface area is 159 Å². The highest BCUT2D eigenvalue weighted by Crippen LogP contribution is 2.34. The van der Waals surface area contributed by atoms with E-state index in [0.717, 1.165) is 5.06 Å². The highest BCUT2D eigenvalue weighted by Gasteiger charge is 2.43. The summed E-state index contributed by atoms with van der Waals surface area (Å²) in [6.07, 6.45) is 0.938. The fourth-order valence-electron chi connectivity index (χ4n) is 2.86. The first-order chi connectivity index (χ1) is 13.0. The van der Waals surface area contributed by atoms with Crippen LogP contribution >= 0.6 is 11.8 Å². The van der Waals surface area contributed by atoms with Crippen LogP contribution in [0.5, 0.6) is 0 Å². The summed E-state index contributed by atoms with van der Waals surface area (Å²) in [5.74, 6) is -0.523. The molecular formula is C18H17N3O5S. The van der Waals surface area contributed by atoms with Gasteiger partial charge in [-0.1, -0.05) is 30.3 Å². The van der Waals surface area contributed by atoms with Crippen molar-refractivity contribution >= 4 is 29.3 Å². The highest BCUT2D eigenvalue weighted by atomic mass is 32.2. The van der Waals surface area contributed by atoms with Gasteiger partial charge in [-0.3, -0.25) is 24.5 Å². The molecule has 0 aromatic heterocycles. The fourth-order valence-corrected chi connectivity index (χ4v) is 3.08. The van der Waals surface area contributed by atoms with E-state index < -0.39 is 11.1 Å². The number of rotatable bonds is 6. The van der Waals surface area contributed by atoms with Gasteiger partial charge in [0.2, 0.25) is 0 Å². The van der Waals surface area contributed by atoms with Gasteiger partial charge in [0.15, 0.2) is 6.17 Å². The first-order valence-electron chi connectivity index (χ1n) is 8.07. The van der Waals surface area contributed by atoms with Crippen LogP contribution in [0.4, 0.5) is 5.69 Å². The van der Waals surface area contributed by atoms with Crippen molar-refractivity contribution in [3.8, 4) is 0 Å². The van der Waals surface area contributed by atoms with Crippen LogP contribution < -0.4 is 0 Å². The van der Waals surface area contributed by atoms with Gasteiger partial charge in [0.05, 0.1) is 4.92 Å². The van der Waals surface area contributed by atoms with Gasteiger partial charge in [0, 0.05) is 23.3 Å². The lowest BCUT2D eigenvalue weighted by Crippen LogP contribution is -2.35. The van der Waals surface area contributed by atoms with Gasteiger partial charge in [-0.15, -0.1) is 11.8 Å². The molecule has 8 nitrogen and oxygen atoms in total. The van der Waals surface area contributed by atoms with Crippen molar-refractivity contribution in [2.75, 3.05) is 18.7 Å². The van der Waals surface area contributed by atoms with Gasteiger partial charge in [-0.2, -0.15) is 5.06 Å². The predicted molar refractivity (Wildman–Crippen MR) is 99.6 cm³/mol. The van der Waals surface area contributed by atoms with E-state index >= 15 is 0 Å². The minimum Gasteiger partial charge on any atom is -0.302 e. The number of benzene rings is 2. The van der Waals surface area contributed by atoms with Crippen LogP contribution in [0.3, 0.4) is 0 Å². The minimum absolute atomic E-state index is 0.122. The lowest BCUT2D eigenvalue weighted by Gasteiger charge is -2.29. The van der Waals surface area contributed by atoms with Crippen LogP contribution in [0.2, 0.25) is 0 Å². The van der Waals surface area contributed by atoms with Gasteiger partial charge in [0.25, 0.3) is 17.5 Å². The summed E-state index contributed by atoms with van der Waals surface area (Å²) in [6, 6.07) is 14.4. The van der Waals surface area contributed by atoms with Gasteiger partial charge < -0.3 is 4.90 Å². The third kappa shape index (κ3) is 3.93. The molecule has 0 spiro atoms. The van der Waals surface area contributed by atoms with E-state index in [1.807, 2.05) is 6.26 Å². The Kier molecular flexibility index (Phi) is 5.72. The van der Waals surface area contributed by atoms with E-state index in [-0.39, 0.29) is 30.0 Å². The molecule has 140 valence electrons. The Morgan fingerprint density at radius 2 is 2.00 bits per heavy atom. The quantitative estimate of drug-likeness (QED) is 0.430.